The number of nitro benzene ring substituents is 1. The molecule has 0 spiro atoms. The second-order valence-electron chi connectivity index (χ2n) is 4.86. The Morgan fingerprint density at radius 3 is 2.40 bits per heavy atom. The first-order chi connectivity index (χ1) is 9.19. The van der Waals surface area contributed by atoms with Crippen molar-refractivity contribution in [1.82, 2.24) is 5.32 Å². The number of hydrogen-bond donors (Lipinski definition) is 2. The highest BCUT2D eigenvalue weighted by Crippen LogP contribution is 2.34. The van der Waals surface area contributed by atoms with Crippen molar-refractivity contribution in [2.24, 2.45) is 5.41 Å². The van der Waals surface area contributed by atoms with Gasteiger partial charge in [0.2, 0.25) is 5.91 Å². The number of nitrogens with zero attached hydrogens (tertiary/aromatic N) is 1. The summed E-state index contributed by atoms with van der Waals surface area (Å²) in [7, 11) is 1.53. The Bertz CT molecular complexity index is 547. The van der Waals surface area contributed by atoms with Gasteiger partial charge in [-0.15, -0.1) is 0 Å². The molecule has 1 aromatic carbocycles. The van der Waals surface area contributed by atoms with Gasteiger partial charge in [-0.05, 0) is 19.9 Å². The molecular formula is C12H15Cl2N3O3. The van der Waals surface area contributed by atoms with Gasteiger partial charge in [-0.3, -0.25) is 14.9 Å². The van der Waals surface area contributed by atoms with Crippen molar-refractivity contribution in [3.05, 3.63) is 32.3 Å². The molecular weight excluding hydrogens is 305 g/mol. The van der Waals surface area contributed by atoms with Crippen LogP contribution in [0.2, 0.25) is 10.0 Å². The third kappa shape index (κ3) is 3.74. The second-order valence-corrected chi connectivity index (χ2v) is 5.67. The van der Waals surface area contributed by atoms with Crippen LogP contribution in [0, 0.1) is 15.5 Å². The van der Waals surface area contributed by atoms with Gasteiger partial charge in [0.05, 0.1) is 20.4 Å². The fourth-order valence-electron chi connectivity index (χ4n) is 1.56. The lowest BCUT2D eigenvalue weighted by molar-refractivity contribution is -0.383. The molecule has 2 N–H and O–H groups in total. The van der Waals surface area contributed by atoms with E-state index in [1.165, 1.54) is 19.2 Å². The van der Waals surface area contributed by atoms with Crippen LogP contribution in [-0.2, 0) is 4.79 Å². The van der Waals surface area contributed by atoms with E-state index in [2.05, 4.69) is 10.6 Å². The number of rotatable bonds is 5. The molecule has 110 valence electrons. The van der Waals surface area contributed by atoms with Crippen LogP contribution in [0.4, 0.5) is 11.4 Å². The van der Waals surface area contributed by atoms with Crippen LogP contribution < -0.4 is 10.6 Å². The minimum absolute atomic E-state index is 0.106. The van der Waals surface area contributed by atoms with Crippen molar-refractivity contribution < 1.29 is 9.72 Å². The van der Waals surface area contributed by atoms with Crippen molar-refractivity contribution in [2.75, 3.05) is 18.9 Å². The third-order valence-corrected chi connectivity index (χ3v) is 3.52. The van der Waals surface area contributed by atoms with Crippen LogP contribution in [-0.4, -0.2) is 24.4 Å². The normalized spacial score (nSPS) is 11.1. The first-order valence-electron chi connectivity index (χ1n) is 5.78. The summed E-state index contributed by atoms with van der Waals surface area (Å²) in [6.45, 7) is 3.66. The number of carbonyl (C=O) groups is 1. The summed E-state index contributed by atoms with van der Waals surface area (Å²) < 4.78 is 0. The van der Waals surface area contributed by atoms with E-state index in [4.69, 9.17) is 23.2 Å². The van der Waals surface area contributed by atoms with Gasteiger partial charge in [0.1, 0.15) is 5.69 Å². The monoisotopic (exact) mass is 319 g/mol. The van der Waals surface area contributed by atoms with E-state index in [1.54, 1.807) is 13.8 Å². The van der Waals surface area contributed by atoms with Crippen molar-refractivity contribution >= 4 is 40.5 Å². The second kappa shape index (κ2) is 6.28. The molecule has 20 heavy (non-hydrogen) atoms. The maximum absolute atomic E-state index is 11.7. The molecule has 8 heteroatoms. The molecule has 0 fully saturated rings. The summed E-state index contributed by atoms with van der Waals surface area (Å²) >= 11 is 11.6. The van der Waals surface area contributed by atoms with Crippen molar-refractivity contribution in [3.63, 3.8) is 0 Å². The average Bonchev–Trinajstić information content (AvgIpc) is 2.38. The lowest BCUT2D eigenvalue weighted by atomic mass is 9.92. The van der Waals surface area contributed by atoms with Crippen LogP contribution >= 0.6 is 23.2 Å². The zero-order chi connectivity index (χ0) is 15.5. The van der Waals surface area contributed by atoms with Gasteiger partial charge < -0.3 is 10.6 Å². The Kier molecular flexibility index (Phi) is 5.19. The standard InChI is InChI=1S/C12H15Cl2N3O3/c1-12(2,11(18)15-3)6-16-9-4-7(13)8(14)5-10(9)17(19)20/h4-5,16H,6H2,1-3H3,(H,15,18). The quantitative estimate of drug-likeness (QED) is 0.645. The number of anilines is 1. The van der Waals surface area contributed by atoms with Gasteiger partial charge in [-0.1, -0.05) is 23.2 Å². The van der Waals surface area contributed by atoms with Crippen LogP contribution in [0.5, 0.6) is 0 Å². The summed E-state index contributed by atoms with van der Waals surface area (Å²) in [5.41, 5.74) is -0.692. The zero-order valence-corrected chi connectivity index (χ0v) is 12.8. The molecule has 0 aliphatic heterocycles. The Morgan fingerprint density at radius 1 is 1.35 bits per heavy atom. The summed E-state index contributed by atoms with van der Waals surface area (Å²) in [6, 6.07) is 2.56. The SMILES string of the molecule is CNC(=O)C(C)(C)CNc1cc(Cl)c(Cl)cc1[N+](=O)[O-]. The number of carbonyl (C=O) groups excluding carboxylic acids is 1. The Labute approximate surface area is 126 Å². The van der Waals surface area contributed by atoms with Gasteiger partial charge in [0.15, 0.2) is 0 Å². The molecule has 0 aliphatic carbocycles. The van der Waals surface area contributed by atoms with Gasteiger partial charge in [0, 0.05) is 19.7 Å². The fraction of sp³-hybridized carbons (Fsp3) is 0.417. The fourth-order valence-corrected chi connectivity index (χ4v) is 1.89. The van der Waals surface area contributed by atoms with E-state index < -0.39 is 10.3 Å². The van der Waals surface area contributed by atoms with E-state index in [1.807, 2.05) is 0 Å². The van der Waals surface area contributed by atoms with E-state index >= 15 is 0 Å². The third-order valence-electron chi connectivity index (χ3n) is 2.80. The van der Waals surface area contributed by atoms with E-state index in [0.717, 1.165) is 0 Å². The summed E-state index contributed by atoms with van der Waals surface area (Å²) in [6.07, 6.45) is 0. The van der Waals surface area contributed by atoms with Crippen LogP contribution in [0.25, 0.3) is 0 Å². The molecule has 0 saturated carbocycles. The summed E-state index contributed by atoms with van der Waals surface area (Å²) in [5.74, 6) is -0.173. The maximum Gasteiger partial charge on any atom is 0.293 e. The number of benzene rings is 1. The molecule has 0 aliphatic rings. The highest BCUT2D eigenvalue weighted by atomic mass is 35.5. The first-order valence-corrected chi connectivity index (χ1v) is 6.54. The minimum Gasteiger partial charge on any atom is -0.378 e. The highest BCUT2D eigenvalue weighted by Gasteiger charge is 2.27. The maximum atomic E-state index is 11.7. The van der Waals surface area contributed by atoms with Crippen molar-refractivity contribution in [1.29, 1.82) is 0 Å². The van der Waals surface area contributed by atoms with Crippen LogP contribution in [0.3, 0.4) is 0 Å². The average molecular weight is 320 g/mol. The van der Waals surface area contributed by atoms with Gasteiger partial charge in [-0.25, -0.2) is 0 Å². The molecule has 0 saturated heterocycles. The highest BCUT2D eigenvalue weighted by molar-refractivity contribution is 6.42. The molecule has 0 heterocycles. The Morgan fingerprint density at radius 2 is 1.90 bits per heavy atom. The smallest absolute Gasteiger partial charge is 0.293 e. The van der Waals surface area contributed by atoms with E-state index in [9.17, 15) is 14.9 Å². The van der Waals surface area contributed by atoms with Gasteiger partial charge in [0.25, 0.3) is 5.69 Å². The van der Waals surface area contributed by atoms with Gasteiger partial charge in [-0.2, -0.15) is 0 Å². The zero-order valence-electron chi connectivity index (χ0n) is 11.3. The molecule has 0 unspecified atom stereocenters. The first kappa shape index (κ1) is 16.5. The molecule has 1 aromatic rings. The Hall–Kier alpha value is -1.53. The van der Waals surface area contributed by atoms with E-state index in [0.29, 0.717) is 0 Å². The summed E-state index contributed by atoms with van der Waals surface area (Å²) in [4.78, 5) is 22.1. The van der Waals surface area contributed by atoms with E-state index in [-0.39, 0.29) is 33.9 Å². The predicted octanol–water partition coefficient (Wildman–Crippen LogP) is 3.09. The lowest BCUT2D eigenvalue weighted by Gasteiger charge is -2.23. The van der Waals surface area contributed by atoms with Crippen molar-refractivity contribution in [2.45, 2.75) is 13.8 Å². The Balaban J connectivity index is 3.01. The predicted molar refractivity (Wildman–Crippen MR) is 79.5 cm³/mol. The largest absolute Gasteiger partial charge is 0.378 e. The lowest BCUT2D eigenvalue weighted by Crippen LogP contribution is -2.39. The molecule has 1 rings (SSSR count). The number of nitrogens with one attached hydrogen (secondary N) is 2. The molecule has 1 amide bonds. The topological polar surface area (TPSA) is 84.3 Å². The minimum atomic E-state index is -0.727. The van der Waals surface area contributed by atoms with Crippen LogP contribution in [0.1, 0.15) is 13.8 Å². The summed E-state index contributed by atoms with van der Waals surface area (Å²) in [5, 5.41) is 16.7. The molecule has 0 radical (unpaired) electrons. The number of amides is 1. The van der Waals surface area contributed by atoms with Crippen molar-refractivity contribution in [3.8, 4) is 0 Å². The molecule has 6 nitrogen and oxygen atoms in total. The van der Waals surface area contributed by atoms with Crippen LogP contribution in [0.15, 0.2) is 12.1 Å². The van der Waals surface area contributed by atoms with Gasteiger partial charge >= 0.3 is 0 Å². The number of halogens is 2. The number of nitro groups is 1. The molecule has 0 bridgehead atoms. The number of hydrogen-bond acceptors (Lipinski definition) is 4. The molecule has 0 atom stereocenters. The molecule has 0 aromatic heterocycles.